The van der Waals surface area contributed by atoms with Gasteiger partial charge in [-0.05, 0) is 37.1 Å². The van der Waals surface area contributed by atoms with Crippen LogP contribution in [0.1, 0.15) is 12.8 Å². The molecule has 7 nitrogen and oxygen atoms in total. The number of carbonyl (C=O) groups excluding carboxylic acids is 1. The van der Waals surface area contributed by atoms with Crippen LogP contribution in [-0.2, 0) is 4.74 Å². The van der Waals surface area contributed by atoms with Crippen LogP contribution in [0, 0.1) is 0 Å². The number of nitrogens with one attached hydrogen (secondary N) is 1. The molecule has 1 aromatic heterocycles. The fourth-order valence-electron chi connectivity index (χ4n) is 3.53. The number of piperazine rings is 1. The first kappa shape index (κ1) is 18.6. The number of amides is 2. The van der Waals surface area contributed by atoms with Crippen LogP contribution in [0.25, 0.3) is 0 Å². The Kier molecular flexibility index (Phi) is 5.92. The second kappa shape index (κ2) is 8.93. The molecule has 2 aliphatic heterocycles. The average Bonchev–Trinajstić information content (AvgIpc) is 3.27. The van der Waals surface area contributed by atoms with Gasteiger partial charge in [-0.2, -0.15) is 0 Å². The van der Waals surface area contributed by atoms with Gasteiger partial charge >= 0.3 is 6.03 Å². The van der Waals surface area contributed by atoms with E-state index in [9.17, 15) is 4.79 Å². The molecule has 1 unspecified atom stereocenters. The number of hydrogen-bond acceptors (Lipinski definition) is 5. The summed E-state index contributed by atoms with van der Waals surface area (Å²) in [5.74, 6) is 1.63. The highest BCUT2D eigenvalue weighted by molar-refractivity contribution is 5.91. The Morgan fingerprint density at radius 3 is 2.71 bits per heavy atom. The molecular weight excluding hydrogens is 356 g/mol. The monoisotopic (exact) mass is 382 g/mol. The Labute approximate surface area is 165 Å². The minimum absolute atomic E-state index is 0.103. The molecule has 1 aromatic carbocycles. The summed E-state index contributed by atoms with van der Waals surface area (Å²) in [5.41, 5.74) is 0.692. The molecule has 7 heteroatoms. The largest absolute Gasteiger partial charge is 0.489 e. The van der Waals surface area contributed by atoms with E-state index in [1.165, 1.54) is 0 Å². The number of pyridine rings is 1. The van der Waals surface area contributed by atoms with Gasteiger partial charge in [0, 0.05) is 39.0 Å². The Morgan fingerprint density at radius 1 is 1.14 bits per heavy atom. The van der Waals surface area contributed by atoms with Crippen LogP contribution in [-0.4, -0.2) is 61.4 Å². The number of rotatable bonds is 5. The Hall–Kier alpha value is -2.80. The van der Waals surface area contributed by atoms with Crippen molar-refractivity contribution in [3.63, 3.8) is 0 Å². The van der Waals surface area contributed by atoms with E-state index < -0.39 is 0 Å². The number of anilines is 2. The second-order valence-electron chi connectivity index (χ2n) is 7.03. The molecule has 28 heavy (non-hydrogen) atoms. The standard InChI is InChI=1S/C21H26N4O3/c26-21(25-13-11-24(12-14-25)20-9-3-4-10-22-20)23-18-7-1-2-8-19(18)28-16-17-6-5-15-27-17/h1-4,7-10,17H,5-6,11-16H2,(H,23,26). The first-order valence-corrected chi connectivity index (χ1v) is 9.85. The lowest BCUT2D eigenvalue weighted by Crippen LogP contribution is -2.50. The maximum Gasteiger partial charge on any atom is 0.322 e. The number of nitrogens with zero attached hydrogens (tertiary/aromatic N) is 3. The third-order valence-corrected chi connectivity index (χ3v) is 5.12. The molecule has 2 aliphatic rings. The first-order chi connectivity index (χ1) is 13.8. The summed E-state index contributed by atoms with van der Waals surface area (Å²) in [7, 11) is 0. The molecule has 2 aromatic rings. The number of urea groups is 1. The third kappa shape index (κ3) is 4.54. The predicted octanol–water partition coefficient (Wildman–Crippen LogP) is 2.99. The minimum atomic E-state index is -0.103. The van der Waals surface area contributed by atoms with Crippen LogP contribution in [0.5, 0.6) is 5.75 Å². The summed E-state index contributed by atoms with van der Waals surface area (Å²) < 4.78 is 11.5. The molecule has 148 valence electrons. The van der Waals surface area contributed by atoms with Crippen LogP contribution in [0.3, 0.4) is 0 Å². The Balaban J connectivity index is 1.31. The van der Waals surface area contributed by atoms with Crippen molar-refractivity contribution in [1.82, 2.24) is 9.88 Å². The van der Waals surface area contributed by atoms with E-state index in [0.717, 1.165) is 38.4 Å². The van der Waals surface area contributed by atoms with Crippen molar-refractivity contribution in [2.75, 3.05) is 49.6 Å². The zero-order chi connectivity index (χ0) is 19.2. The van der Waals surface area contributed by atoms with Gasteiger partial charge in [0.05, 0.1) is 11.8 Å². The van der Waals surface area contributed by atoms with Gasteiger partial charge in [0.15, 0.2) is 0 Å². The highest BCUT2D eigenvalue weighted by Gasteiger charge is 2.23. The fourth-order valence-corrected chi connectivity index (χ4v) is 3.53. The van der Waals surface area contributed by atoms with Crippen LogP contribution in [0.15, 0.2) is 48.7 Å². The fraction of sp³-hybridized carbons (Fsp3) is 0.429. The van der Waals surface area contributed by atoms with E-state index in [1.54, 1.807) is 6.20 Å². The van der Waals surface area contributed by atoms with E-state index in [2.05, 4.69) is 15.2 Å². The molecular formula is C21H26N4O3. The lowest BCUT2D eigenvalue weighted by molar-refractivity contribution is 0.0682. The number of para-hydroxylation sites is 2. The number of benzene rings is 1. The zero-order valence-corrected chi connectivity index (χ0v) is 15.9. The van der Waals surface area contributed by atoms with Crippen LogP contribution >= 0.6 is 0 Å². The Bertz CT molecular complexity index is 772. The van der Waals surface area contributed by atoms with Crippen molar-refractivity contribution < 1.29 is 14.3 Å². The number of carbonyl (C=O) groups is 1. The molecule has 1 N–H and O–H groups in total. The van der Waals surface area contributed by atoms with E-state index in [4.69, 9.17) is 9.47 Å². The highest BCUT2D eigenvalue weighted by Crippen LogP contribution is 2.25. The predicted molar refractivity (Wildman–Crippen MR) is 108 cm³/mol. The van der Waals surface area contributed by atoms with Crippen LogP contribution in [0.2, 0.25) is 0 Å². The average molecular weight is 382 g/mol. The third-order valence-electron chi connectivity index (χ3n) is 5.12. The highest BCUT2D eigenvalue weighted by atomic mass is 16.5. The molecule has 2 fully saturated rings. The minimum Gasteiger partial charge on any atom is -0.489 e. The SMILES string of the molecule is O=C(Nc1ccccc1OCC1CCCO1)N1CCN(c2ccccn2)CC1. The van der Waals surface area contributed by atoms with Crippen molar-refractivity contribution in [2.24, 2.45) is 0 Å². The molecule has 0 saturated carbocycles. The summed E-state index contributed by atoms with van der Waals surface area (Å²) >= 11 is 0. The lowest BCUT2D eigenvalue weighted by Gasteiger charge is -2.35. The summed E-state index contributed by atoms with van der Waals surface area (Å²) in [4.78, 5) is 21.1. The zero-order valence-electron chi connectivity index (χ0n) is 15.9. The van der Waals surface area contributed by atoms with Crippen molar-refractivity contribution in [2.45, 2.75) is 18.9 Å². The van der Waals surface area contributed by atoms with E-state index in [-0.39, 0.29) is 12.1 Å². The Morgan fingerprint density at radius 2 is 1.96 bits per heavy atom. The maximum atomic E-state index is 12.7. The van der Waals surface area contributed by atoms with E-state index in [0.29, 0.717) is 31.1 Å². The van der Waals surface area contributed by atoms with Gasteiger partial charge in [-0.25, -0.2) is 9.78 Å². The summed E-state index contributed by atoms with van der Waals surface area (Å²) in [6, 6.07) is 13.3. The van der Waals surface area contributed by atoms with E-state index >= 15 is 0 Å². The molecule has 4 rings (SSSR count). The number of hydrogen-bond donors (Lipinski definition) is 1. The first-order valence-electron chi connectivity index (χ1n) is 9.85. The van der Waals surface area contributed by atoms with Gasteiger partial charge in [-0.3, -0.25) is 0 Å². The van der Waals surface area contributed by atoms with Crippen LogP contribution in [0.4, 0.5) is 16.3 Å². The van der Waals surface area contributed by atoms with Crippen molar-refractivity contribution >= 4 is 17.5 Å². The van der Waals surface area contributed by atoms with Crippen molar-refractivity contribution in [1.29, 1.82) is 0 Å². The second-order valence-corrected chi connectivity index (χ2v) is 7.03. The molecule has 1 atom stereocenters. The summed E-state index contributed by atoms with van der Waals surface area (Å²) in [6.07, 6.45) is 4.04. The van der Waals surface area contributed by atoms with Gasteiger partial charge in [0.1, 0.15) is 18.2 Å². The lowest BCUT2D eigenvalue weighted by atomic mass is 10.2. The van der Waals surface area contributed by atoms with Crippen LogP contribution < -0.4 is 15.0 Å². The maximum absolute atomic E-state index is 12.7. The molecule has 0 radical (unpaired) electrons. The van der Waals surface area contributed by atoms with Crippen molar-refractivity contribution in [3.05, 3.63) is 48.7 Å². The van der Waals surface area contributed by atoms with Gasteiger partial charge in [0.25, 0.3) is 0 Å². The van der Waals surface area contributed by atoms with Crippen molar-refractivity contribution in [3.8, 4) is 5.75 Å². The number of ether oxygens (including phenoxy) is 2. The molecule has 3 heterocycles. The smallest absolute Gasteiger partial charge is 0.322 e. The van der Waals surface area contributed by atoms with E-state index in [1.807, 2.05) is 47.4 Å². The van der Waals surface area contributed by atoms with Gasteiger partial charge in [-0.1, -0.05) is 18.2 Å². The van der Waals surface area contributed by atoms with Gasteiger partial charge < -0.3 is 24.6 Å². The molecule has 2 amide bonds. The molecule has 2 saturated heterocycles. The topological polar surface area (TPSA) is 66.9 Å². The van der Waals surface area contributed by atoms with Gasteiger partial charge in [-0.15, -0.1) is 0 Å². The molecule has 0 spiro atoms. The summed E-state index contributed by atoms with van der Waals surface area (Å²) in [6.45, 7) is 4.15. The van der Waals surface area contributed by atoms with Gasteiger partial charge in [0.2, 0.25) is 0 Å². The summed E-state index contributed by atoms with van der Waals surface area (Å²) in [5, 5.41) is 3.00. The quantitative estimate of drug-likeness (QED) is 0.861. The molecule has 0 aliphatic carbocycles. The molecule has 0 bridgehead atoms. The number of aromatic nitrogens is 1. The normalized spacial score (nSPS) is 19.5.